The SMILES string of the molecule is NCc1cn(-c2ccc(N3CCOCC3=O)cc2)nn1. The van der Waals surface area contributed by atoms with Gasteiger partial charge < -0.3 is 15.4 Å². The van der Waals surface area contributed by atoms with Gasteiger partial charge in [0, 0.05) is 18.8 Å². The van der Waals surface area contributed by atoms with E-state index < -0.39 is 0 Å². The van der Waals surface area contributed by atoms with Crippen LogP contribution in [-0.4, -0.2) is 40.7 Å². The molecule has 2 N–H and O–H groups in total. The number of morpholine rings is 1. The van der Waals surface area contributed by atoms with Crippen LogP contribution in [0.25, 0.3) is 5.69 Å². The molecule has 104 valence electrons. The van der Waals surface area contributed by atoms with E-state index in [0.717, 1.165) is 17.1 Å². The number of carbonyl (C=O) groups excluding carboxylic acids is 1. The first-order valence-corrected chi connectivity index (χ1v) is 6.38. The summed E-state index contributed by atoms with van der Waals surface area (Å²) in [7, 11) is 0. The molecular formula is C13H15N5O2. The number of amides is 1. The van der Waals surface area contributed by atoms with Crippen molar-refractivity contribution in [3.63, 3.8) is 0 Å². The summed E-state index contributed by atoms with van der Waals surface area (Å²) in [4.78, 5) is 13.5. The summed E-state index contributed by atoms with van der Waals surface area (Å²) in [5.41, 5.74) is 7.98. The number of rotatable bonds is 3. The van der Waals surface area contributed by atoms with Gasteiger partial charge in [0.15, 0.2) is 0 Å². The minimum atomic E-state index is -0.0184. The monoisotopic (exact) mass is 273 g/mol. The smallest absolute Gasteiger partial charge is 0.253 e. The van der Waals surface area contributed by atoms with E-state index in [2.05, 4.69) is 10.3 Å². The van der Waals surface area contributed by atoms with Gasteiger partial charge in [0.1, 0.15) is 6.61 Å². The molecule has 7 nitrogen and oxygen atoms in total. The Hall–Kier alpha value is -2.25. The van der Waals surface area contributed by atoms with Gasteiger partial charge >= 0.3 is 0 Å². The lowest BCUT2D eigenvalue weighted by atomic mass is 10.2. The molecule has 0 spiro atoms. The highest BCUT2D eigenvalue weighted by atomic mass is 16.5. The van der Waals surface area contributed by atoms with E-state index in [1.54, 1.807) is 15.8 Å². The molecule has 0 atom stereocenters. The van der Waals surface area contributed by atoms with E-state index in [0.29, 0.717) is 19.7 Å². The Kier molecular flexibility index (Phi) is 3.44. The highest BCUT2D eigenvalue weighted by molar-refractivity contribution is 5.94. The summed E-state index contributed by atoms with van der Waals surface area (Å²) in [6.07, 6.45) is 1.79. The maximum Gasteiger partial charge on any atom is 0.253 e. The Labute approximate surface area is 115 Å². The molecule has 1 saturated heterocycles. The molecule has 1 aromatic carbocycles. The molecular weight excluding hydrogens is 258 g/mol. The van der Waals surface area contributed by atoms with Crippen LogP contribution in [0.15, 0.2) is 30.5 Å². The molecule has 2 aromatic rings. The summed E-state index contributed by atoms with van der Waals surface area (Å²) in [6.45, 7) is 1.65. The Balaban J connectivity index is 1.82. The predicted octanol–water partition coefficient (Wildman–Crippen LogP) is 0.0892. The molecule has 0 unspecified atom stereocenters. The van der Waals surface area contributed by atoms with Crippen molar-refractivity contribution < 1.29 is 9.53 Å². The Morgan fingerprint density at radius 2 is 2.00 bits per heavy atom. The van der Waals surface area contributed by atoms with Gasteiger partial charge in [-0.3, -0.25) is 4.79 Å². The van der Waals surface area contributed by atoms with Crippen LogP contribution in [0, 0.1) is 0 Å². The third-order valence-electron chi connectivity index (χ3n) is 3.16. The van der Waals surface area contributed by atoms with Crippen LogP contribution in [0.1, 0.15) is 5.69 Å². The largest absolute Gasteiger partial charge is 0.370 e. The zero-order valence-electron chi connectivity index (χ0n) is 10.9. The van der Waals surface area contributed by atoms with Gasteiger partial charge in [-0.15, -0.1) is 5.10 Å². The van der Waals surface area contributed by atoms with Crippen LogP contribution in [0.5, 0.6) is 0 Å². The van der Waals surface area contributed by atoms with E-state index in [9.17, 15) is 4.79 Å². The lowest BCUT2D eigenvalue weighted by molar-refractivity contribution is -0.125. The molecule has 1 aliphatic heterocycles. The van der Waals surface area contributed by atoms with Gasteiger partial charge in [-0.25, -0.2) is 4.68 Å². The molecule has 1 aromatic heterocycles. The fourth-order valence-electron chi connectivity index (χ4n) is 2.09. The molecule has 0 radical (unpaired) electrons. The van der Waals surface area contributed by atoms with Crippen molar-refractivity contribution in [2.24, 2.45) is 5.73 Å². The average Bonchev–Trinajstić information content (AvgIpc) is 2.97. The number of anilines is 1. The normalized spacial score (nSPS) is 15.7. The zero-order valence-corrected chi connectivity index (χ0v) is 10.9. The van der Waals surface area contributed by atoms with Crippen molar-refractivity contribution in [3.8, 4) is 5.69 Å². The third-order valence-corrected chi connectivity index (χ3v) is 3.16. The average molecular weight is 273 g/mol. The summed E-state index contributed by atoms with van der Waals surface area (Å²) in [6, 6.07) is 7.57. The van der Waals surface area contributed by atoms with Crippen molar-refractivity contribution >= 4 is 11.6 Å². The first-order valence-electron chi connectivity index (χ1n) is 6.38. The summed E-state index contributed by atoms with van der Waals surface area (Å²) >= 11 is 0. The predicted molar refractivity (Wildman–Crippen MR) is 72.4 cm³/mol. The van der Waals surface area contributed by atoms with Gasteiger partial charge in [0.25, 0.3) is 5.91 Å². The van der Waals surface area contributed by atoms with Gasteiger partial charge in [-0.05, 0) is 24.3 Å². The molecule has 1 aliphatic rings. The van der Waals surface area contributed by atoms with Crippen LogP contribution in [0.4, 0.5) is 5.69 Å². The van der Waals surface area contributed by atoms with Crippen molar-refractivity contribution in [2.45, 2.75) is 6.54 Å². The van der Waals surface area contributed by atoms with Crippen LogP contribution in [0.2, 0.25) is 0 Å². The second kappa shape index (κ2) is 5.40. The molecule has 3 rings (SSSR count). The van der Waals surface area contributed by atoms with Crippen molar-refractivity contribution in [2.75, 3.05) is 24.7 Å². The fraction of sp³-hybridized carbons (Fsp3) is 0.308. The molecule has 0 bridgehead atoms. The summed E-state index contributed by atoms with van der Waals surface area (Å²) in [5.74, 6) is -0.0184. The number of hydrogen-bond acceptors (Lipinski definition) is 5. The topological polar surface area (TPSA) is 86.3 Å². The summed E-state index contributed by atoms with van der Waals surface area (Å²) in [5, 5.41) is 7.94. The quantitative estimate of drug-likeness (QED) is 0.856. The van der Waals surface area contributed by atoms with E-state index in [1.807, 2.05) is 24.3 Å². The Bertz CT molecular complexity index is 607. The number of aromatic nitrogens is 3. The molecule has 0 saturated carbocycles. The lowest BCUT2D eigenvalue weighted by Gasteiger charge is -2.26. The zero-order chi connectivity index (χ0) is 13.9. The van der Waals surface area contributed by atoms with Crippen LogP contribution >= 0.6 is 0 Å². The standard InChI is InChI=1S/C13H15N5O2/c14-7-10-8-18(16-15-10)12-3-1-11(2-4-12)17-5-6-20-9-13(17)19/h1-4,8H,5-7,9,14H2. The first-order chi connectivity index (χ1) is 9.78. The van der Waals surface area contributed by atoms with Crippen LogP contribution < -0.4 is 10.6 Å². The Morgan fingerprint density at radius 1 is 1.25 bits per heavy atom. The molecule has 7 heteroatoms. The maximum absolute atomic E-state index is 11.8. The minimum absolute atomic E-state index is 0.0184. The number of carbonyl (C=O) groups is 1. The fourth-order valence-corrected chi connectivity index (χ4v) is 2.09. The maximum atomic E-state index is 11.8. The van der Waals surface area contributed by atoms with E-state index >= 15 is 0 Å². The van der Waals surface area contributed by atoms with Crippen molar-refractivity contribution in [3.05, 3.63) is 36.2 Å². The van der Waals surface area contributed by atoms with Gasteiger partial charge in [0.2, 0.25) is 0 Å². The van der Waals surface area contributed by atoms with Gasteiger partial charge in [0.05, 0.1) is 24.2 Å². The van der Waals surface area contributed by atoms with Crippen molar-refractivity contribution in [1.29, 1.82) is 0 Å². The van der Waals surface area contributed by atoms with E-state index in [4.69, 9.17) is 10.5 Å². The molecule has 2 heterocycles. The summed E-state index contributed by atoms with van der Waals surface area (Å²) < 4.78 is 6.78. The molecule has 1 amide bonds. The second-order valence-electron chi connectivity index (χ2n) is 4.47. The van der Waals surface area contributed by atoms with Crippen LogP contribution in [-0.2, 0) is 16.1 Å². The number of ether oxygens (including phenoxy) is 1. The van der Waals surface area contributed by atoms with Gasteiger partial charge in [-0.1, -0.05) is 5.21 Å². The number of benzene rings is 1. The molecule has 0 aliphatic carbocycles. The highest BCUT2D eigenvalue weighted by Crippen LogP contribution is 2.18. The second-order valence-corrected chi connectivity index (χ2v) is 4.47. The molecule has 1 fully saturated rings. The first kappa shape index (κ1) is 12.8. The van der Waals surface area contributed by atoms with Crippen LogP contribution in [0.3, 0.4) is 0 Å². The van der Waals surface area contributed by atoms with E-state index in [1.165, 1.54) is 0 Å². The minimum Gasteiger partial charge on any atom is -0.370 e. The van der Waals surface area contributed by atoms with Gasteiger partial charge in [-0.2, -0.15) is 0 Å². The molecule has 20 heavy (non-hydrogen) atoms. The van der Waals surface area contributed by atoms with Crippen molar-refractivity contribution in [1.82, 2.24) is 15.0 Å². The number of hydrogen-bond donors (Lipinski definition) is 1. The third kappa shape index (κ3) is 2.40. The highest BCUT2D eigenvalue weighted by Gasteiger charge is 2.19. The number of nitrogens with two attached hydrogens (primary N) is 1. The Morgan fingerprint density at radius 3 is 2.65 bits per heavy atom. The number of nitrogens with zero attached hydrogens (tertiary/aromatic N) is 4. The lowest BCUT2D eigenvalue weighted by Crippen LogP contribution is -2.41. The van der Waals surface area contributed by atoms with E-state index in [-0.39, 0.29) is 12.5 Å².